The molecule has 0 saturated heterocycles. The molecular weight excluding hydrogens is 346 g/mol. The summed E-state index contributed by atoms with van der Waals surface area (Å²) >= 11 is 1.58. The zero-order valence-corrected chi connectivity index (χ0v) is 15.3. The lowest BCUT2D eigenvalue weighted by molar-refractivity contribution is -0.119. The van der Waals surface area contributed by atoms with Crippen LogP contribution in [0.4, 0.5) is 5.82 Å². The van der Waals surface area contributed by atoms with Crippen LogP contribution in [-0.2, 0) is 9.59 Å². The van der Waals surface area contributed by atoms with Crippen molar-refractivity contribution in [1.29, 1.82) is 0 Å². The number of thiophene rings is 1. The summed E-state index contributed by atoms with van der Waals surface area (Å²) in [6.45, 7) is 1.88. The number of carbonyl (C=O) groups excluding carboxylic acids is 2. The summed E-state index contributed by atoms with van der Waals surface area (Å²) in [5.74, 6) is -0.315. The molecule has 1 aliphatic heterocycles. The molecule has 1 aliphatic carbocycles. The largest absolute Gasteiger partial charge is 0.310 e. The molecule has 4 rings (SSSR count). The van der Waals surface area contributed by atoms with E-state index in [1.54, 1.807) is 29.7 Å². The molecular formula is C20H19N3O2S. The molecule has 2 aromatic heterocycles. The molecule has 2 aliphatic rings. The van der Waals surface area contributed by atoms with E-state index < -0.39 is 5.92 Å². The Bertz CT molecular complexity index is 900. The number of aromatic nitrogens is 1. The van der Waals surface area contributed by atoms with Crippen LogP contribution in [-0.4, -0.2) is 22.4 Å². The highest BCUT2D eigenvalue weighted by atomic mass is 32.1. The van der Waals surface area contributed by atoms with Crippen LogP contribution in [0.3, 0.4) is 0 Å². The SMILES string of the molecule is CC1=NC2=C(C(=O)CCC2)[C@@H](c2cccs2)C1C(=O)Nc1ccccn1. The zero-order valence-electron chi connectivity index (χ0n) is 14.4. The van der Waals surface area contributed by atoms with E-state index in [2.05, 4.69) is 15.3 Å². The molecule has 6 heteroatoms. The molecule has 132 valence electrons. The quantitative estimate of drug-likeness (QED) is 0.895. The first-order valence-electron chi connectivity index (χ1n) is 8.72. The van der Waals surface area contributed by atoms with Crippen LogP contribution in [0, 0.1) is 5.92 Å². The minimum absolute atomic E-state index is 0.122. The molecule has 0 fully saturated rings. The Hall–Kier alpha value is -2.60. The Balaban J connectivity index is 1.75. The maximum absolute atomic E-state index is 13.1. The third-order valence-electron chi connectivity index (χ3n) is 4.88. The Morgan fingerprint density at radius 3 is 2.85 bits per heavy atom. The number of pyridine rings is 1. The van der Waals surface area contributed by atoms with Crippen molar-refractivity contribution < 1.29 is 9.59 Å². The molecule has 2 aromatic rings. The van der Waals surface area contributed by atoms with E-state index in [1.807, 2.05) is 30.5 Å². The zero-order chi connectivity index (χ0) is 18.1. The number of aliphatic imine (C=N–C) groups is 1. The van der Waals surface area contributed by atoms with Gasteiger partial charge in [0.1, 0.15) is 5.82 Å². The monoisotopic (exact) mass is 365 g/mol. The van der Waals surface area contributed by atoms with E-state index in [9.17, 15) is 9.59 Å². The number of nitrogens with one attached hydrogen (secondary N) is 1. The first-order valence-corrected chi connectivity index (χ1v) is 9.60. The topological polar surface area (TPSA) is 71.4 Å². The molecule has 2 atom stereocenters. The summed E-state index contributed by atoms with van der Waals surface area (Å²) in [6, 6.07) is 9.34. The van der Waals surface area contributed by atoms with E-state index in [4.69, 9.17) is 0 Å². The minimum Gasteiger partial charge on any atom is -0.310 e. The second kappa shape index (κ2) is 6.96. The number of hydrogen-bond donors (Lipinski definition) is 1. The van der Waals surface area contributed by atoms with Crippen LogP contribution in [0.15, 0.2) is 58.2 Å². The summed E-state index contributed by atoms with van der Waals surface area (Å²) in [5.41, 5.74) is 2.34. The van der Waals surface area contributed by atoms with Gasteiger partial charge in [-0.15, -0.1) is 11.3 Å². The van der Waals surface area contributed by atoms with Crippen LogP contribution in [0.2, 0.25) is 0 Å². The number of allylic oxidation sites excluding steroid dienone is 2. The number of carbonyl (C=O) groups is 2. The van der Waals surface area contributed by atoms with Gasteiger partial charge in [0, 0.05) is 40.4 Å². The van der Waals surface area contributed by atoms with Gasteiger partial charge in [0.25, 0.3) is 0 Å². The van der Waals surface area contributed by atoms with Gasteiger partial charge >= 0.3 is 0 Å². The van der Waals surface area contributed by atoms with Crippen LogP contribution >= 0.6 is 11.3 Å². The van der Waals surface area contributed by atoms with Gasteiger partial charge in [-0.05, 0) is 43.3 Å². The van der Waals surface area contributed by atoms with E-state index in [0.29, 0.717) is 12.2 Å². The van der Waals surface area contributed by atoms with Crippen molar-refractivity contribution in [3.63, 3.8) is 0 Å². The summed E-state index contributed by atoms with van der Waals surface area (Å²) in [6.07, 6.45) is 3.80. The summed E-state index contributed by atoms with van der Waals surface area (Å²) in [4.78, 5) is 35.7. The maximum atomic E-state index is 13.1. The Kier molecular flexibility index (Phi) is 4.51. The Labute approximate surface area is 155 Å². The molecule has 0 radical (unpaired) electrons. The second-order valence-corrected chi connectivity index (χ2v) is 7.54. The maximum Gasteiger partial charge on any atom is 0.235 e. The molecule has 0 bridgehead atoms. The van der Waals surface area contributed by atoms with Crippen molar-refractivity contribution >= 4 is 34.6 Å². The lowest BCUT2D eigenvalue weighted by Gasteiger charge is -2.34. The number of hydrogen-bond acceptors (Lipinski definition) is 5. The predicted octanol–water partition coefficient (Wildman–Crippen LogP) is 3.96. The fourth-order valence-electron chi connectivity index (χ4n) is 3.76. The van der Waals surface area contributed by atoms with E-state index in [1.165, 1.54) is 0 Å². The fraction of sp³-hybridized carbons (Fsp3) is 0.300. The Morgan fingerprint density at radius 1 is 1.23 bits per heavy atom. The number of ketones is 1. The lowest BCUT2D eigenvalue weighted by Crippen LogP contribution is -2.39. The molecule has 3 heterocycles. The number of anilines is 1. The molecule has 0 saturated carbocycles. The van der Waals surface area contributed by atoms with Gasteiger partial charge in [-0.3, -0.25) is 14.6 Å². The summed E-state index contributed by atoms with van der Waals surface area (Å²) in [5, 5.41) is 4.87. The number of amides is 1. The highest BCUT2D eigenvalue weighted by Gasteiger charge is 2.42. The van der Waals surface area contributed by atoms with Crippen molar-refractivity contribution in [3.05, 3.63) is 58.1 Å². The molecule has 1 N–H and O–H groups in total. The van der Waals surface area contributed by atoms with Crippen LogP contribution < -0.4 is 5.32 Å². The van der Waals surface area contributed by atoms with Crippen molar-refractivity contribution in [3.8, 4) is 0 Å². The van der Waals surface area contributed by atoms with Gasteiger partial charge in [-0.25, -0.2) is 4.98 Å². The van der Waals surface area contributed by atoms with Crippen LogP contribution in [0.25, 0.3) is 0 Å². The van der Waals surface area contributed by atoms with E-state index >= 15 is 0 Å². The second-order valence-electron chi connectivity index (χ2n) is 6.57. The highest BCUT2D eigenvalue weighted by molar-refractivity contribution is 7.10. The van der Waals surface area contributed by atoms with Gasteiger partial charge < -0.3 is 5.32 Å². The lowest BCUT2D eigenvalue weighted by atomic mass is 9.74. The number of nitrogens with zero attached hydrogens (tertiary/aromatic N) is 2. The Morgan fingerprint density at radius 2 is 2.12 bits per heavy atom. The molecule has 26 heavy (non-hydrogen) atoms. The first-order chi connectivity index (χ1) is 12.6. The number of rotatable bonds is 3. The average molecular weight is 365 g/mol. The fourth-order valence-corrected chi connectivity index (χ4v) is 4.63. The van der Waals surface area contributed by atoms with Gasteiger partial charge in [-0.2, -0.15) is 0 Å². The minimum atomic E-state index is -0.503. The molecule has 1 amide bonds. The first kappa shape index (κ1) is 16.8. The third kappa shape index (κ3) is 3.01. The van der Waals surface area contributed by atoms with Gasteiger partial charge in [0.05, 0.1) is 5.92 Å². The highest BCUT2D eigenvalue weighted by Crippen LogP contribution is 2.44. The van der Waals surface area contributed by atoms with Gasteiger partial charge in [-0.1, -0.05) is 12.1 Å². The summed E-state index contributed by atoms with van der Waals surface area (Å²) < 4.78 is 0. The molecule has 1 unspecified atom stereocenters. The standard InChI is InChI=1S/C20H19N3O2S/c1-12-17(20(25)23-16-9-2-3-10-21-16)19(15-8-5-11-26-15)18-13(22-12)6-4-7-14(18)24/h2-3,5,8-11,17,19H,4,6-7H2,1H3,(H,21,23,25)/t17?,19-/m0/s1. The van der Waals surface area contributed by atoms with Gasteiger partial charge in [0.2, 0.25) is 5.91 Å². The molecule has 5 nitrogen and oxygen atoms in total. The normalized spacial score (nSPS) is 22.7. The van der Waals surface area contributed by atoms with E-state index in [-0.39, 0.29) is 17.6 Å². The third-order valence-corrected chi connectivity index (χ3v) is 5.84. The average Bonchev–Trinajstić information content (AvgIpc) is 3.16. The van der Waals surface area contributed by atoms with Crippen molar-refractivity contribution in [2.75, 3.05) is 5.32 Å². The molecule has 0 aromatic carbocycles. The van der Waals surface area contributed by atoms with Crippen LogP contribution in [0.5, 0.6) is 0 Å². The van der Waals surface area contributed by atoms with Crippen molar-refractivity contribution in [2.24, 2.45) is 10.9 Å². The van der Waals surface area contributed by atoms with Crippen molar-refractivity contribution in [1.82, 2.24) is 4.98 Å². The van der Waals surface area contributed by atoms with Gasteiger partial charge in [0.15, 0.2) is 5.78 Å². The van der Waals surface area contributed by atoms with Crippen LogP contribution in [0.1, 0.15) is 37.0 Å². The van der Waals surface area contributed by atoms with E-state index in [0.717, 1.165) is 34.7 Å². The summed E-state index contributed by atoms with van der Waals surface area (Å²) in [7, 11) is 0. The smallest absolute Gasteiger partial charge is 0.235 e. The predicted molar refractivity (Wildman–Crippen MR) is 102 cm³/mol. The molecule has 0 spiro atoms. The number of Topliss-reactive ketones (excluding diaryl/α,β-unsaturated/α-hetero) is 1. The van der Waals surface area contributed by atoms with Crippen molar-refractivity contribution in [2.45, 2.75) is 32.1 Å².